The molecule has 0 saturated carbocycles. The summed E-state index contributed by atoms with van der Waals surface area (Å²) in [7, 11) is 0. The van der Waals surface area contributed by atoms with Crippen LogP contribution in [0.3, 0.4) is 0 Å². The van der Waals surface area contributed by atoms with Crippen molar-refractivity contribution in [3.8, 4) is 5.75 Å². The number of carboxylic acid groups (broad SMARTS) is 2. The van der Waals surface area contributed by atoms with Gasteiger partial charge in [0.1, 0.15) is 12.1 Å². The number of carboxylic acids is 2. The first-order valence-corrected chi connectivity index (χ1v) is 9.61. The Bertz CT molecular complexity index is 1040. The average Bonchev–Trinajstić information content (AvgIpc) is 2.79. The van der Waals surface area contributed by atoms with Crippen molar-refractivity contribution in [1.82, 2.24) is 16.1 Å². The second-order valence-corrected chi connectivity index (χ2v) is 6.60. The quantitative estimate of drug-likeness (QED) is 0.113. The monoisotopic (exact) mass is 457 g/mol. The minimum atomic E-state index is -1.21. The summed E-state index contributed by atoms with van der Waals surface area (Å²) >= 11 is 0. The Morgan fingerprint density at radius 2 is 1.82 bits per heavy atom. The van der Waals surface area contributed by atoms with Crippen molar-refractivity contribution in [3.63, 3.8) is 0 Å². The number of aliphatic carboxylic acids is 2. The fourth-order valence-electron chi connectivity index (χ4n) is 2.80. The molecular weight excluding hydrogens is 434 g/mol. The van der Waals surface area contributed by atoms with Crippen molar-refractivity contribution in [3.05, 3.63) is 59.7 Å². The summed E-state index contributed by atoms with van der Waals surface area (Å²) in [5.74, 6) is 1.65. The van der Waals surface area contributed by atoms with Crippen LogP contribution in [-0.4, -0.2) is 53.5 Å². The molecule has 1 unspecified atom stereocenters. The lowest BCUT2D eigenvalue weighted by Gasteiger charge is -2.20. The standard InChI is InChI=1S/C21H23N5O7/c22-25-12-24-14-5-3-4-13(8-14)21(32)23-10-18(27)26-16(9-19(28)29)15-6-1-2-7-17(15)33-11-20(30)31/h1-8,12,16H,9-11,22H2,(H,23,32)(H,24,25)(H,26,27)(H,28,29)(H,30,31). The molecule has 2 rings (SSSR count). The zero-order chi connectivity index (χ0) is 24.2. The maximum Gasteiger partial charge on any atom is 0.341 e. The number of nitrogens with zero attached hydrogens (tertiary/aromatic N) is 1. The molecule has 12 nitrogen and oxygen atoms in total. The van der Waals surface area contributed by atoms with Crippen LogP contribution in [0.4, 0.5) is 5.69 Å². The lowest BCUT2D eigenvalue weighted by molar-refractivity contribution is -0.140. The van der Waals surface area contributed by atoms with Gasteiger partial charge < -0.3 is 31.0 Å². The Morgan fingerprint density at radius 1 is 1.06 bits per heavy atom. The van der Waals surface area contributed by atoms with E-state index in [0.717, 1.165) is 0 Å². The maximum atomic E-state index is 12.4. The molecule has 33 heavy (non-hydrogen) atoms. The molecule has 0 radical (unpaired) electrons. The van der Waals surface area contributed by atoms with Gasteiger partial charge in [0.25, 0.3) is 5.91 Å². The number of carbonyl (C=O) groups excluding carboxylic acids is 2. The summed E-state index contributed by atoms with van der Waals surface area (Å²) in [5, 5.41) is 23.0. The highest BCUT2D eigenvalue weighted by molar-refractivity contribution is 5.97. The third-order valence-corrected chi connectivity index (χ3v) is 4.17. The fraction of sp³-hybridized carbons (Fsp3) is 0.190. The molecular formula is C21H23N5O7. The van der Waals surface area contributed by atoms with E-state index in [1.54, 1.807) is 24.3 Å². The number of aliphatic imine (C=N–C) groups is 1. The molecule has 1 atom stereocenters. The molecule has 0 aliphatic heterocycles. The summed E-state index contributed by atoms with van der Waals surface area (Å²) in [6.07, 6.45) is 0.757. The highest BCUT2D eigenvalue weighted by atomic mass is 16.5. The van der Waals surface area contributed by atoms with Gasteiger partial charge in [-0.15, -0.1) is 0 Å². The van der Waals surface area contributed by atoms with E-state index in [9.17, 15) is 24.3 Å². The molecule has 2 amide bonds. The number of benzene rings is 2. The third kappa shape index (κ3) is 8.30. The molecule has 0 saturated heterocycles. The highest BCUT2D eigenvalue weighted by Crippen LogP contribution is 2.27. The number of amides is 2. The Hall–Kier alpha value is -4.45. The van der Waals surface area contributed by atoms with Crippen molar-refractivity contribution in [1.29, 1.82) is 0 Å². The molecule has 0 spiro atoms. The molecule has 2 aromatic rings. The van der Waals surface area contributed by atoms with E-state index in [2.05, 4.69) is 21.1 Å². The van der Waals surface area contributed by atoms with Crippen LogP contribution in [0.15, 0.2) is 53.5 Å². The topological polar surface area (TPSA) is 192 Å². The second kappa shape index (κ2) is 12.4. The van der Waals surface area contributed by atoms with Gasteiger partial charge in [-0.2, -0.15) is 0 Å². The molecule has 0 aliphatic rings. The summed E-state index contributed by atoms with van der Waals surface area (Å²) < 4.78 is 5.20. The number of rotatable bonds is 12. The van der Waals surface area contributed by atoms with E-state index in [1.165, 1.54) is 30.6 Å². The molecule has 0 aliphatic carbocycles. The summed E-state index contributed by atoms with van der Waals surface area (Å²) in [4.78, 5) is 50.9. The van der Waals surface area contributed by atoms with Crippen LogP contribution >= 0.6 is 0 Å². The van der Waals surface area contributed by atoms with E-state index in [4.69, 9.17) is 15.7 Å². The molecule has 0 fully saturated rings. The number of nitrogens with one attached hydrogen (secondary N) is 3. The predicted molar refractivity (Wildman–Crippen MR) is 117 cm³/mol. The van der Waals surface area contributed by atoms with E-state index >= 15 is 0 Å². The van der Waals surface area contributed by atoms with Gasteiger partial charge in [-0.3, -0.25) is 14.4 Å². The SMILES string of the molecule is NNC=Nc1cccc(C(=O)NCC(=O)NC(CC(=O)O)c2ccccc2OCC(=O)O)c1. The zero-order valence-electron chi connectivity index (χ0n) is 17.4. The van der Waals surface area contributed by atoms with Crippen molar-refractivity contribution >= 4 is 35.8 Å². The maximum absolute atomic E-state index is 12.4. The third-order valence-electron chi connectivity index (χ3n) is 4.17. The summed E-state index contributed by atoms with van der Waals surface area (Å²) in [6, 6.07) is 11.4. The molecule has 0 aromatic heterocycles. The predicted octanol–water partition coefficient (Wildman–Crippen LogP) is 0.335. The van der Waals surface area contributed by atoms with Gasteiger partial charge in [-0.1, -0.05) is 24.3 Å². The number of nitrogens with two attached hydrogens (primary N) is 1. The van der Waals surface area contributed by atoms with E-state index < -0.39 is 49.4 Å². The van der Waals surface area contributed by atoms with Gasteiger partial charge in [-0.05, 0) is 24.3 Å². The number of hydrogen-bond donors (Lipinski definition) is 6. The molecule has 174 valence electrons. The number of carbonyl (C=O) groups is 4. The first kappa shape index (κ1) is 24.8. The summed E-state index contributed by atoms with van der Waals surface area (Å²) in [6.45, 7) is -1.06. The van der Waals surface area contributed by atoms with Crippen LogP contribution < -0.4 is 26.6 Å². The average molecular weight is 457 g/mol. The van der Waals surface area contributed by atoms with Gasteiger partial charge >= 0.3 is 11.9 Å². The number of hydrogen-bond acceptors (Lipinski definition) is 7. The van der Waals surface area contributed by atoms with Crippen LogP contribution in [0, 0.1) is 0 Å². The Morgan fingerprint density at radius 3 is 2.52 bits per heavy atom. The summed E-state index contributed by atoms with van der Waals surface area (Å²) in [5.41, 5.74) is 3.25. The van der Waals surface area contributed by atoms with Crippen LogP contribution in [0.5, 0.6) is 5.75 Å². The Labute approximate surface area is 188 Å². The minimum Gasteiger partial charge on any atom is -0.482 e. The van der Waals surface area contributed by atoms with Gasteiger partial charge in [0.15, 0.2) is 6.61 Å². The van der Waals surface area contributed by atoms with E-state index in [1.807, 2.05) is 0 Å². The van der Waals surface area contributed by atoms with E-state index in [0.29, 0.717) is 11.3 Å². The van der Waals surface area contributed by atoms with Gasteiger partial charge in [0.05, 0.1) is 24.7 Å². The Kier molecular flexibility index (Phi) is 9.34. The zero-order valence-corrected chi connectivity index (χ0v) is 17.4. The van der Waals surface area contributed by atoms with Gasteiger partial charge in [0.2, 0.25) is 5.91 Å². The lowest BCUT2D eigenvalue weighted by atomic mass is 10.0. The first-order valence-electron chi connectivity index (χ1n) is 9.61. The van der Waals surface area contributed by atoms with Crippen LogP contribution in [0.1, 0.15) is 28.4 Å². The van der Waals surface area contributed by atoms with Crippen LogP contribution in [0.2, 0.25) is 0 Å². The number of ether oxygens (including phenoxy) is 1. The normalized spacial score (nSPS) is 11.4. The lowest BCUT2D eigenvalue weighted by Crippen LogP contribution is -2.39. The Balaban J connectivity index is 2.06. The fourth-order valence-corrected chi connectivity index (χ4v) is 2.80. The largest absolute Gasteiger partial charge is 0.482 e. The van der Waals surface area contributed by atoms with Crippen molar-refractivity contribution in [2.24, 2.45) is 10.8 Å². The van der Waals surface area contributed by atoms with E-state index in [-0.39, 0.29) is 11.3 Å². The van der Waals surface area contributed by atoms with Gasteiger partial charge in [-0.25, -0.2) is 15.6 Å². The van der Waals surface area contributed by atoms with Gasteiger partial charge in [0, 0.05) is 11.1 Å². The molecule has 2 aromatic carbocycles. The number of hydrazine groups is 1. The van der Waals surface area contributed by atoms with Crippen LogP contribution in [-0.2, 0) is 14.4 Å². The first-order chi connectivity index (χ1) is 15.8. The molecule has 7 N–H and O–H groups in total. The number of para-hydroxylation sites is 1. The molecule has 12 heteroatoms. The molecule has 0 bridgehead atoms. The van der Waals surface area contributed by atoms with Crippen molar-refractivity contribution in [2.45, 2.75) is 12.5 Å². The minimum absolute atomic E-state index is 0.125. The van der Waals surface area contributed by atoms with Crippen molar-refractivity contribution < 1.29 is 34.1 Å². The smallest absolute Gasteiger partial charge is 0.341 e. The van der Waals surface area contributed by atoms with Crippen LogP contribution in [0.25, 0.3) is 0 Å². The second-order valence-electron chi connectivity index (χ2n) is 6.60. The van der Waals surface area contributed by atoms with Crippen molar-refractivity contribution in [2.75, 3.05) is 13.2 Å². The highest BCUT2D eigenvalue weighted by Gasteiger charge is 2.22. The molecule has 0 heterocycles.